The number of aromatic nitrogens is 5. The molecule has 0 aliphatic rings. The molecule has 1 N–H and O–H groups in total. The van der Waals surface area contributed by atoms with Gasteiger partial charge in [-0.1, -0.05) is 29.5 Å². The van der Waals surface area contributed by atoms with Crippen LogP contribution in [0.3, 0.4) is 0 Å². The van der Waals surface area contributed by atoms with Crippen molar-refractivity contribution in [2.75, 3.05) is 0 Å². The second kappa shape index (κ2) is 7.46. The van der Waals surface area contributed by atoms with Gasteiger partial charge in [-0.05, 0) is 45.0 Å². The molecule has 1 atom stereocenters. The van der Waals surface area contributed by atoms with Crippen molar-refractivity contribution in [3.63, 3.8) is 0 Å². The first-order valence-corrected chi connectivity index (χ1v) is 9.55. The molecule has 29 heavy (non-hydrogen) atoms. The number of imidazole rings is 1. The van der Waals surface area contributed by atoms with Crippen LogP contribution in [0.4, 0.5) is 0 Å². The molecule has 0 spiro atoms. The molecule has 4 rings (SSSR count). The molecule has 2 aromatic heterocycles. The number of carbonyl (C=O) groups excluding carboxylic acids is 1. The summed E-state index contributed by atoms with van der Waals surface area (Å²) in [5, 5.41) is 11.3. The number of benzene rings is 2. The maximum Gasteiger partial charge on any atom is 0.278 e. The van der Waals surface area contributed by atoms with E-state index in [1.165, 1.54) is 0 Å². The number of amides is 1. The number of hydrogen-bond donors (Lipinski definition) is 1. The van der Waals surface area contributed by atoms with Crippen molar-refractivity contribution in [2.45, 2.75) is 39.4 Å². The minimum Gasteiger partial charge on any atom is -0.347 e. The largest absolute Gasteiger partial charge is 0.347 e. The zero-order chi connectivity index (χ0) is 20.5. The van der Waals surface area contributed by atoms with Gasteiger partial charge in [0.25, 0.3) is 5.56 Å². The van der Waals surface area contributed by atoms with Crippen LogP contribution in [-0.2, 0) is 11.3 Å². The summed E-state index contributed by atoms with van der Waals surface area (Å²) in [5.41, 5.74) is 2.08. The Balaban J connectivity index is 1.58. The molecule has 0 saturated heterocycles. The number of nitrogens with zero attached hydrogens (tertiary/aromatic N) is 5. The van der Waals surface area contributed by atoms with E-state index in [4.69, 9.17) is 0 Å². The third kappa shape index (κ3) is 3.37. The van der Waals surface area contributed by atoms with Crippen molar-refractivity contribution in [1.82, 2.24) is 29.9 Å². The minimum absolute atomic E-state index is 0.195. The van der Waals surface area contributed by atoms with Gasteiger partial charge in [-0.25, -0.2) is 4.98 Å². The number of fused-ring (bicyclic) bond motifs is 2. The Morgan fingerprint density at radius 2 is 1.72 bits per heavy atom. The summed E-state index contributed by atoms with van der Waals surface area (Å²) < 4.78 is 3.21. The predicted molar refractivity (Wildman–Crippen MR) is 110 cm³/mol. The van der Waals surface area contributed by atoms with Gasteiger partial charge in [0.15, 0.2) is 0 Å². The molecule has 0 aliphatic heterocycles. The number of nitrogens with one attached hydrogen (secondary N) is 1. The van der Waals surface area contributed by atoms with Crippen LogP contribution in [0, 0.1) is 0 Å². The maximum absolute atomic E-state index is 12.7. The van der Waals surface area contributed by atoms with E-state index < -0.39 is 6.04 Å². The van der Waals surface area contributed by atoms with Gasteiger partial charge in [0, 0.05) is 6.04 Å². The lowest BCUT2D eigenvalue weighted by atomic mass is 10.2. The molecule has 0 aliphatic carbocycles. The molecule has 0 radical (unpaired) electrons. The van der Waals surface area contributed by atoms with Crippen molar-refractivity contribution in [3.8, 4) is 0 Å². The van der Waals surface area contributed by atoms with Crippen LogP contribution >= 0.6 is 0 Å². The van der Waals surface area contributed by atoms with Gasteiger partial charge in [-0.3, -0.25) is 9.59 Å². The second-order valence-electron chi connectivity index (χ2n) is 7.23. The summed E-state index contributed by atoms with van der Waals surface area (Å²) in [7, 11) is 0. The molecule has 1 amide bonds. The van der Waals surface area contributed by atoms with E-state index in [0.717, 1.165) is 21.5 Å². The minimum atomic E-state index is -0.795. The average Bonchev–Trinajstić information content (AvgIpc) is 3.10. The van der Waals surface area contributed by atoms with Crippen LogP contribution in [0.5, 0.6) is 0 Å². The van der Waals surface area contributed by atoms with Crippen LogP contribution in [0.25, 0.3) is 21.9 Å². The van der Waals surface area contributed by atoms with Gasteiger partial charge >= 0.3 is 0 Å². The first kappa shape index (κ1) is 18.8. The Hall–Kier alpha value is -3.55. The first-order chi connectivity index (χ1) is 14.0. The zero-order valence-electron chi connectivity index (χ0n) is 16.5. The quantitative estimate of drug-likeness (QED) is 0.565. The van der Waals surface area contributed by atoms with E-state index in [1.807, 2.05) is 24.3 Å². The third-order valence-corrected chi connectivity index (χ3v) is 4.94. The fraction of sp³-hybridized carbons (Fsp3) is 0.286. The van der Waals surface area contributed by atoms with Crippen LogP contribution in [0.1, 0.15) is 38.7 Å². The molecule has 2 heterocycles. The van der Waals surface area contributed by atoms with Gasteiger partial charge in [0.05, 0.1) is 23.0 Å². The molecule has 2 aromatic carbocycles. The van der Waals surface area contributed by atoms with Crippen molar-refractivity contribution in [2.24, 2.45) is 0 Å². The number of hydrogen-bond acceptors (Lipinski definition) is 5. The lowest BCUT2D eigenvalue weighted by Gasteiger charge is -2.16. The van der Waals surface area contributed by atoms with Crippen LogP contribution in [-0.4, -0.2) is 30.5 Å². The lowest BCUT2D eigenvalue weighted by Crippen LogP contribution is -2.37. The van der Waals surface area contributed by atoms with Crippen LogP contribution < -0.4 is 10.9 Å². The summed E-state index contributed by atoms with van der Waals surface area (Å²) in [6, 6.07) is 14.2. The predicted octanol–water partition coefficient (Wildman–Crippen LogP) is 2.60. The normalized spacial score (nSPS) is 12.6. The highest BCUT2D eigenvalue weighted by Gasteiger charge is 2.20. The smallest absolute Gasteiger partial charge is 0.278 e. The highest BCUT2D eigenvalue weighted by Crippen LogP contribution is 2.21. The zero-order valence-corrected chi connectivity index (χ0v) is 16.5. The fourth-order valence-electron chi connectivity index (χ4n) is 3.48. The standard InChI is InChI=1S/C21H22N6O2/c1-13(2)26-18-11-7-6-10-17(18)23-19(26)12-22-20(28)14(3)27-21(29)15-8-4-5-9-16(15)24-25-27/h4-11,13-14H,12H2,1-3H3,(H,22,28)/t14-/m0/s1. The van der Waals surface area contributed by atoms with Gasteiger partial charge in [0.2, 0.25) is 5.91 Å². The first-order valence-electron chi connectivity index (χ1n) is 9.55. The molecule has 8 nitrogen and oxygen atoms in total. The second-order valence-corrected chi connectivity index (χ2v) is 7.23. The number of para-hydroxylation sites is 2. The molecule has 0 fully saturated rings. The maximum atomic E-state index is 12.7. The number of rotatable bonds is 5. The Labute approximate surface area is 167 Å². The van der Waals surface area contributed by atoms with Crippen molar-refractivity contribution < 1.29 is 4.79 Å². The molecular formula is C21H22N6O2. The molecule has 0 unspecified atom stereocenters. The van der Waals surface area contributed by atoms with Crippen molar-refractivity contribution in [3.05, 3.63) is 64.7 Å². The van der Waals surface area contributed by atoms with Crippen LogP contribution in [0.15, 0.2) is 53.3 Å². The fourth-order valence-corrected chi connectivity index (χ4v) is 3.48. The van der Waals surface area contributed by atoms with Crippen molar-refractivity contribution in [1.29, 1.82) is 0 Å². The van der Waals surface area contributed by atoms with Gasteiger partial charge in [-0.2, -0.15) is 4.68 Å². The van der Waals surface area contributed by atoms with E-state index >= 15 is 0 Å². The van der Waals surface area contributed by atoms with E-state index in [9.17, 15) is 9.59 Å². The Morgan fingerprint density at radius 1 is 1.03 bits per heavy atom. The highest BCUT2D eigenvalue weighted by atomic mass is 16.2. The summed E-state index contributed by atoms with van der Waals surface area (Å²) in [4.78, 5) is 30.0. The van der Waals surface area contributed by atoms with E-state index in [2.05, 4.69) is 39.0 Å². The van der Waals surface area contributed by atoms with Crippen LogP contribution in [0.2, 0.25) is 0 Å². The van der Waals surface area contributed by atoms with E-state index in [0.29, 0.717) is 10.9 Å². The average molecular weight is 390 g/mol. The molecule has 0 saturated carbocycles. The number of carbonyl (C=O) groups is 1. The summed E-state index contributed by atoms with van der Waals surface area (Å²) in [6.07, 6.45) is 0. The Bertz CT molecular complexity index is 1260. The molecular weight excluding hydrogens is 368 g/mol. The summed E-state index contributed by atoms with van der Waals surface area (Å²) >= 11 is 0. The topological polar surface area (TPSA) is 94.7 Å². The molecule has 8 heteroatoms. The van der Waals surface area contributed by atoms with E-state index in [-0.39, 0.29) is 24.1 Å². The summed E-state index contributed by atoms with van der Waals surface area (Å²) in [6.45, 7) is 6.04. The molecule has 4 aromatic rings. The highest BCUT2D eigenvalue weighted by molar-refractivity contribution is 5.81. The van der Waals surface area contributed by atoms with E-state index in [1.54, 1.807) is 31.2 Å². The molecule has 148 valence electrons. The molecule has 0 bridgehead atoms. The monoisotopic (exact) mass is 390 g/mol. The lowest BCUT2D eigenvalue weighted by molar-refractivity contribution is -0.124. The Morgan fingerprint density at radius 3 is 2.48 bits per heavy atom. The third-order valence-electron chi connectivity index (χ3n) is 4.94. The van der Waals surface area contributed by atoms with Gasteiger partial charge in [-0.15, -0.1) is 5.10 Å². The Kier molecular flexibility index (Phi) is 4.84. The SMILES string of the molecule is CC(C)n1c(CNC(=O)[C@H](C)n2nnc3ccccc3c2=O)nc2ccccc21. The van der Waals surface area contributed by atoms with Crippen molar-refractivity contribution >= 4 is 27.8 Å². The van der Waals surface area contributed by atoms with Gasteiger partial charge in [0.1, 0.15) is 17.4 Å². The summed E-state index contributed by atoms with van der Waals surface area (Å²) in [5.74, 6) is 0.442. The van der Waals surface area contributed by atoms with Gasteiger partial charge < -0.3 is 9.88 Å².